The standard InChI is InChI=1S/C52H64F2N10O15/c1-28(57-41(68)26-64-42(69)14-15-43(64)70)47(74)58-29(2)48(75)61-37(23-39(55)66)50(77)60-35(49(76)56-19-17-40(67)59-36(51(78)79)13-16-45(72)73)18-20-63(44(71)27-65)46(52(3,4)5)38-21-31(33-22-32(53)11-12-34(33)54)25-62(38)24-30-9-7-6-8-10-30/h6-12,14-15,21-22,25,28-29,35-37,46,65H,13,16-20,23-24,26-27H2,1-5H3,(H2,55,66)(H,56,76)(H,57,68)(H,58,74)(H,59,67)(H,60,77)(H,61,75)(H,72,73)(H,78,79)/t28-,29-,35+,36-,37+,46+/m1/s1. The summed E-state index contributed by atoms with van der Waals surface area (Å²) in [6.45, 7) is 5.05. The Kier molecular flexibility index (Phi) is 22.6. The van der Waals surface area contributed by atoms with Gasteiger partial charge in [-0.05, 0) is 61.9 Å². The molecule has 25 nitrogen and oxygen atoms in total. The molecule has 1 aliphatic rings. The van der Waals surface area contributed by atoms with Gasteiger partial charge in [-0.3, -0.25) is 57.6 Å². The molecule has 1 aromatic heterocycles. The van der Waals surface area contributed by atoms with Crippen molar-refractivity contribution in [2.24, 2.45) is 11.1 Å². The number of carboxylic acid groups (broad SMARTS) is 2. The molecule has 0 saturated heterocycles. The normalized spacial score (nSPS) is 14.4. The first kappa shape index (κ1) is 62.7. The SMILES string of the molecule is C[C@@H](NC(=O)CN1C(=O)C=CC1=O)C(=O)N[C@H](C)C(=O)N[C@@H](CC(N)=O)C(=O)N[C@@H](CCN(C(=O)CO)[C@@H](c1cc(-c2cc(F)ccc2F)cn1Cc1ccccc1)C(C)(C)C)C(=O)NCCC(=O)N[C@H](CCC(=O)O)C(=O)O. The molecular weight excluding hydrogens is 1040 g/mol. The number of aliphatic carboxylic acids is 2. The summed E-state index contributed by atoms with van der Waals surface area (Å²) < 4.78 is 31.7. The zero-order valence-electron chi connectivity index (χ0n) is 43.9. The summed E-state index contributed by atoms with van der Waals surface area (Å²) in [7, 11) is 0. The summed E-state index contributed by atoms with van der Waals surface area (Å²) in [5, 5.41) is 42.9. The molecular formula is C52H64F2N10O15. The number of nitrogens with one attached hydrogen (secondary N) is 6. The second-order valence-electron chi connectivity index (χ2n) is 19.5. The van der Waals surface area contributed by atoms with Gasteiger partial charge in [0.05, 0.1) is 12.5 Å². The summed E-state index contributed by atoms with van der Waals surface area (Å²) in [6, 6.07) is 4.40. The van der Waals surface area contributed by atoms with Gasteiger partial charge in [-0.2, -0.15) is 0 Å². The van der Waals surface area contributed by atoms with Gasteiger partial charge in [0.2, 0.25) is 47.3 Å². The monoisotopic (exact) mass is 1110 g/mol. The van der Waals surface area contributed by atoms with Crippen molar-refractivity contribution in [3.8, 4) is 11.1 Å². The van der Waals surface area contributed by atoms with E-state index in [1.54, 1.807) is 55.8 Å². The number of nitrogens with zero attached hydrogens (tertiary/aromatic N) is 3. The van der Waals surface area contributed by atoms with Crippen molar-refractivity contribution >= 4 is 71.0 Å². The third-order valence-corrected chi connectivity index (χ3v) is 12.2. The summed E-state index contributed by atoms with van der Waals surface area (Å²) in [6.07, 6.45) is 0.458. The summed E-state index contributed by atoms with van der Waals surface area (Å²) in [5.41, 5.74) is 5.76. The Morgan fingerprint density at radius 1 is 0.722 bits per heavy atom. The van der Waals surface area contributed by atoms with E-state index in [1.165, 1.54) is 18.7 Å². The van der Waals surface area contributed by atoms with Crippen LogP contribution in [0.5, 0.6) is 0 Å². The fourth-order valence-electron chi connectivity index (χ4n) is 8.32. The molecule has 79 heavy (non-hydrogen) atoms. The Labute approximate surface area is 451 Å². The van der Waals surface area contributed by atoms with Crippen LogP contribution in [0.25, 0.3) is 11.1 Å². The van der Waals surface area contributed by atoms with Gasteiger partial charge >= 0.3 is 11.9 Å². The number of aliphatic hydroxyl groups is 1. The maximum atomic E-state index is 15.4. The number of nitrogens with two attached hydrogens (primary N) is 1. The molecule has 0 spiro atoms. The van der Waals surface area contributed by atoms with Crippen molar-refractivity contribution in [1.29, 1.82) is 0 Å². The molecule has 426 valence electrons. The van der Waals surface area contributed by atoms with Crippen LogP contribution in [-0.4, -0.2) is 157 Å². The fraction of sp³-hybridized carbons (Fsp3) is 0.423. The van der Waals surface area contributed by atoms with Gasteiger partial charge in [-0.15, -0.1) is 0 Å². The van der Waals surface area contributed by atoms with Crippen molar-refractivity contribution in [1.82, 2.24) is 46.3 Å². The highest BCUT2D eigenvalue weighted by molar-refractivity contribution is 6.14. The van der Waals surface area contributed by atoms with Crippen LogP contribution in [0.3, 0.4) is 0 Å². The number of aromatic nitrogens is 1. The molecule has 1 aliphatic heterocycles. The Morgan fingerprint density at radius 3 is 1.94 bits per heavy atom. The lowest BCUT2D eigenvalue weighted by Gasteiger charge is -2.41. The highest BCUT2D eigenvalue weighted by atomic mass is 19.1. The van der Waals surface area contributed by atoms with E-state index in [9.17, 15) is 72.1 Å². The molecule has 0 saturated carbocycles. The highest BCUT2D eigenvalue weighted by Gasteiger charge is 2.39. The molecule has 2 heterocycles. The van der Waals surface area contributed by atoms with Crippen LogP contribution in [0.15, 0.2) is 72.9 Å². The Bertz CT molecular complexity index is 2820. The van der Waals surface area contributed by atoms with E-state index in [2.05, 4.69) is 31.9 Å². The van der Waals surface area contributed by atoms with Gasteiger partial charge in [0.1, 0.15) is 55.0 Å². The molecule has 0 bridgehead atoms. The van der Waals surface area contributed by atoms with E-state index in [0.717, 1.165) is 35.9 Å². The molecule has 11 N–H and O–H groups in total. The van der Waals surface area contributed by atoms with Crippen LogP contribution in [0.1, 0.15) is 84.0 Å². The zero-order valence-corrected chi connectivity index (χ0v) is 43.9. The Hall–Kier alpha value is -8.88. The first-order chi connectivity index (χ1) is 37.1. The molecule has 4 rings (SSSR count). The summed E-state index contributed by atoms with van der Waals surface area (Å²) in [5.74, 6) is -13.9. The topological polar surface area (TPSA) is 375 Å². The second-order valence-corrected chi connectivity index (χ2v) is 19.5. The number of carbonyl (C=O) groups is 12. The van der Waals surface area contributed by atoms with Crippen LogP contribution in [0.2, 0.25) is 0 Å². The minimum atomic E-state index is -1.86. The lowest BCUT2D eigenvalue weighted by molar-refractivity contribution is -0.143. The predicted octanol–water partition coefficient (Wildman–Crippen LogP) is -0.500. The van der Waals surface area contributed by atoms with Gasteiger partial charge in [-0.1, -0.05) is 51.1 Å². The second kappa shape index (κ2) is 28.5. The molecule has 0 radical (unpaired) electrons. The number of rotatable bonds is 29. The van der Waals surface area contributed by atoms with Crippen LogP contribution >= 0.6 is 0 Å². The van der Waals surface area contributed by atoms with Gasteiger partial charge in [0, 0.05) is 67.6 Å². The molecule has 3 aromatic rings. The first-order valence-corrected chi connectivity index (χ1v) is 24.7. The molecule has 27 heteroatoms. The number of halogens is 2. The predicted molar refractivity (Wildman–Crippen MR) is 274 cm³/mol. The minimum Gasteiger partial charge on any atom is -0.481 e. The van der Waals surface area contributed by atoms with Crippen molar-refractivity contribution in [2.45, 2.75) is 110 Å². The number of amides is 10. The smallest absolute Gasteiger partial charge is 0.326 e. The van der Waals surface area contributed by atoms with Crippen molar-refractivity contribution < 1.29 is 81.6 Å². The number of carbonyl (C=O) groups excluding carboxylic acids is 10. The van der Waals surface area contributed by atoms with Crippen molar-refractivity contribution in [3.05, 3.63) is 95.8 Å². The minimum absolute atomic E-state index is 0.106. The van der Waals surface area contributed by atoms with Crippen molar-refractivity contribution in [3.63, 3.8) is 0 Å². The number of benzene rings is 2. The summed E-state index contributed by atoms with van der Waals surface area (Å²) in [4.78, 5) is 155. The van der Waals surface area contributed by atoms with E-state index in [4.69, 9.17) is 10.8 Å². The van der Waals surface area contributed by atoms with E-state index < -0.39 is 183 Å². The molecule has 10 amide bonds. The van der Waals surface area contributed by atoms with Crippen LogP contribution < -0.4 is 37.6 Å². The lowest BCUT2D eigenvalue weighted by Crippen LogP contribution is -2.58. The molecule has 6 atom stereocenters. The molecule has 0 aliphatic carbocycles. The van der Waals surface area contributed by atoms with Gasteiger partial charge in [0.25, 0.3) is 11.8 Å². The first-order valence-electron chi connectivity index (χ1n) is 24.7. The number of hydrogen-bond acceptors (Lipinski definition) is 13. The van der Waals surface area contributed by atoms with E-state index in [0.29, 0.717) is 10.6 Å². The lowest BCUT2D eigenvalue weighted by atomic mass is 9.82. The summed E-state index contributed by atoms with van der Waals surface area (Å²) >= 11 is 0. The molecule has 2 aromatic carbocycles. The van der Waals surface area contributed by atoms with Gasteiger partial charge in [0.15, 0.2) is 0 Å². The van der Waals surface area contributed by atoms with Crippen LogP contribution in [0.4, 0.5) is 8.78 Å². The third-order valence-electron chi connectivity index (χ3n) is 12.2. The average Bonchev–Trinajstić information content (AvgIpc) is 4.03. The fourth-order valence-corrected chi connectivity index (χ4v) is 8.32. The number of primary amides is 1. The van der Waals surface area contributed by atoms with E-state index >= 15 is 4.39 Å². The largest absolute Gasteiger partial charge is 0.481 e. The molecule has 0 fully saturated rings. The maximum Gasteiger partial charge on any atom is 0.326 e. The third kappa shape index (κ3) is 18.7. The van der Waals surface area contributed by atoms with E-state index in [1.807, 2.05) is 12.1 Å². The average molecular weight is 1110 g/mol. The number of aliphatic hydroxyl groups excluding tert-OH is 1. The molecule has 0 unspecified atom stereocenters. The highest BCUT2D eigenvalue weighted by Crippen LogP contribution is 2.41. The van der Waals surface area contributed by atoms with Gasteiger partial charge < -0.3 is 62.4 Å². The van der Waals surface area contributed by atoms with Crippen LogP contribution in [0, 0.1) is 17.0 Å². The quantitative estimate of drug-likeness (QED) is 0.0392. The zero-order chi connectivity index (χ0) is 58.9. The number of carboxylic acids is 2. The van der Waals surface area contributed by atoms with Crippen molar-refractivity contribution in [2.75, 3.05) is 26.2 Å². The Morgan fingerprint density at radius 2 is 1.34 bits per heavy atom. The number of hydrogen-bond donors (Lipinski definition) is 10. The van der Waals surface area contributed by atoms with E-state index in [-0.39, 0.29) is 17.7 Å². The van der Waals surface area contributed by atoms with Crippen LogP contribution in [-0.2, 0) is 64.1 Å². The Balaban J connectivity index is 1.66. The van der Waals surface area contributed by atoms with Gasteiger partial charge in [-0.25, -0.2) is 13.6 Å². The number of imide groups is 1. The maximum absolute atomic E-state index is 15.4.